The van der Waals surface area contributed by atoms with Gasteiger partial charge in [0.2, 0.25) is 0 Å². The number of esters is 1. The number of rotatable bonds is 1. The van der Waals surface area contributed by atoms with Crippen LogP contribution in [-0.4, -0.2) is 11.6 Å². The summed E-state index contributed by atoms with van der Waals surface area (Å²) in [7, 11) is 0. The van der Waals surface area contributed by atoms with Gasteiger partial charge in [-0.15, -0.1) is 0 Å². The monoisotopic (exact) mass is 249 g/mol. The Bertz CT molecular complexity index is 487. The molecule has 0 amide bonds. The fraction of sp³-hybridized carbons (Fsp3) is 0.385. The van der Waals surface area contributed by atoms with E-state index < -0.39 is 17.5 Å². The molecule has 1 fully saturated rings. The zero-order chi connectivity index (χ0) is 12.6. The van der Waals surface area contributed by atoms with E-state index in [1.54, 1.807) is 12.1 Å². The Kier molecular flexibility index (Phi) is 2.84. The van der Waals surface area contributed by atoms with Crippen molar-refractivity contribution in [3.8, 4) is 6.07 Å². The molecule has 2 rings (SSSR count). The molecule has 88 valence electrons. The Labute approximate surface area is 105 Å². The van der Waals surface area contributed by atoms with Crippen molar-refractivity contribution in [2.75, 3.05) is 0 Å². The van der Waals surface area contributed by atoms with Crippen molar-refractivity contribution in [3.05, 3.63) is 34.9 Å². The molecule has 0 bridgehead atoms. The summed E-state index contributed by atoms with van der Waals surface area (Å²) < 4.78 is 5.26. The Hall–Kier alpha value is -1.53. The number of halogens is 1. The quantitative estimate of drug-likeness (QED) is 0.719. The van der Waals surface area contributed by atoms with Crippen LogP contribution in [0.1, 0.15) is 25.3 Å². The van der Waals surface area contributed by atoms with Crippen molar-refractivity contribution in [2.24, 2.45) is 5.92 Å². The molecule has 1 aromatic rings. The summed E-state index contributed by atoms with van der Waals surface area (Å²) in [5, 5.41) is 9.71. The van der Waals surface area contributed by atoms with Crippen molar-refractivity contribution < 1.29 is 9.53 Å². The molecular formula is C13H12ClNO2. The van der Waals surface area contributed by atoms with E-state index in [9.17, 15) is 4.79 Å². The second-order valence-electron chi connectivity index (χ2n) is 4.66. The standard InChI is InChI=1S/C13H12ClNO2/c1-13(2)11(10(7-15)12(16)17-13)8-3-5-9(14)6-4-8/h3-6,10-11H,1-2H3/t10-,11-/m1/s1. The lowest BCUT2D eigenvalue weighted by atomic mass is 9.79. The Morgan fingerprint density at radius 1 is 1.35 bits per heavy atom. The normalized spacial score (nSPS) is 26.4. The van der Waals surface area contributed by atoms with Crippen LogP contribution in [0.4, 0.5) is 0 Å². The third-order valence-corrected chi connectivity index (χ3v) is 3.32. The van der Waals surface area contributed by atoms with Gasteiger partial charge in [0.1, 0.15) is 5.60 Å². The lowest BCUT2D eigenvalue weighted by molar-refractivity contribution is -0.147. The number of benzene rings is 1. The highest BCUT2D eigenvalue weighted by Crippen LogP contribution is 2.44. The molecule has 0 radical (unpaired) electrons. The maximum Gasteiger partial charge on any atom is 0.324 e. The second kappa shape index (κ2) is 4.05. The highest BCUT2D eigenvalue weighted by atomic mass is 35.5. The maximum atomic E-state index is 11.6. The van der Waals surface area contributed by atoms with Gasteiger partial charge in [-0.05, 0) is 31.5 Å². The van der Waals surface area contributed by atoms with Gasteiger partial charge in [0, 0.05) is 10.9 Å². The maximum absolute atomic E-state index is 11.6. The lowest BCUT2D eigenvalue weighted by Crippen LogP contribution is -2.27. The van der Waals surface area contributed by atoms with Gasteiger partial charge in [0.25, 0.3) is 0 Å². The van der Waals surface area contributed by atoms with Gasteiger partial charge in [-0.2, -0.15) is 5.26 Å². The van der Waals surface area contributed by atoms with Crippen LogP contribution in [0.15, 0.2) is 24.3 Å². The number of carbonyl (C=O) groups excluding carboxylic acids is 1. The van der Waals surface area contributed by atoms with Gasteiger partial charge in [-0.3, -0.25) is 4.79 Å². The molecule has 0 spiro atoms. The summed E-state index contributed by atoms with van der Waals surface area (Å²) in [6.07, 6.45) is 0. The molecule has 3 nitrogen and oxygen atoms in total. The zero-order valence-corrected chi connectivity index (χ0v) is 10.4. The van der Waals surface area contributed by atoms with Crippen LogP contribution < -0.4 is 0 Å². The summed E-state index contributed by atoms with van der Waals surface area (Å²) in [6.45, 7) is 3.64. The van der Waals surface area contributed by atoms with Crippen molar-refractivity contribution >= 4 is 17.6 Å². The second-order valence-corrected chi connectivity index (χ2v) is 5.10. The highest BCUT2D eigenvalue weighted by Gasteiger charge is 2.50. The Morgan fingerprint density at radius 3 is 2.47 bits per heavy atom. The molecule has 0 aliphatic carbocycles. The zero-order valence-electron chi connectivity index (χ0n) is 9.61. The molecule has 1 aliphatic rings. The number of hydrogen-bond donors (Lipinski definition) is 0. The first-order valence-corrected chi connectivity index (χ1v) is 5.71. The van der Waals surface area contributed by atoms with Gasteiger partial charge < -0.3 is 4.74 Å². The Morgan fingerprint density at radius 2 is 1.94 bits per heavy atom. The molecule has 1 aromatic carbocycles. The van der Waals surface area contributed by atoms with Crippen LogP contribution in [-0.2, 0) is 9.53 Å². The third-order valence-electron chi connectivity index (χ3n) is 3.07. The fourth-order valence-corrected chi connectivity index (χ4v) is 2.44. The van der Waals surface area contributed by atoms with Crippen LogP contribution in [0.5, 0.6) is 0 Å². The molecule has 0 saturated carbocycles. The van der Waals surface area contributed by atoms with E-state index in [-0.39, 0.29) is 5.92 Å². The largest absolute Gasteiger partial charge is 0.458 e. The highest BCUT2D eigenvalue weighted by molar-refractivity contribution is 6.30. The van der Waals surface area contributed by atoms with E-state index in [4.69, 9.17) is 21.6 Å². The Balaban J connectivity index is 2.45. The first kappa shape index (κ1) is 11.9. The molecule has 1 heterocycles. The number of cyclic esters (lactones) is 1. The number of nitriles is 1. The lowest BCUT2D eigenvalue weighted by Gasteiger charge is -2.25. The van der Waals surface area contributed by atoms with Crippen LogP contribution in [0, 0.1) is 17.2 Å². The minimum absolute atomic E-state index is 0.253. The van der Waals surface area contributed by atoms with Crippen molar-refractivity contribution in [2.45, 2.75) is 25.4 Å². The van der Waals surface area contributed by atoms with Crippen LogP contribution in [0.3, 0.4) is 0 Å². The molecule has 0 unspecified atom stereocenters. The molecule has 2 atom stereocenters. The minimum atomic E-state index is -0.744. The van der Waals surface area contributed by atoms with E-state index in [2.05, 4.69) is 0 Å². The predicted molar refractivity (Wildman–Crippen MR) is 63.5 cm³/mol. The summed E-state index contributed by atoms with van der Waals surface area (Å²) in [5.74, 6) is -1.44. The van der Waals surface area contributed by atoms with E-state index in [1.165, 1.54) is 0 Å². The van der Waals surface area contributed by atoms with Gasteiger partial charge in [-0.25, -0.2) is 0 Å². The van der Waals surface area contributed by atoms with E-state index in [0.717, 1.165) is 5.56 Å². The number of nitrogens with zero attached hydrogens (tertiary/aromatic N) is 1. The molecule has 0 N–H and O–H groups in total. The van der Waals surface area contributed by atoms with Crippen molar-refractivity contribution in [3.63, 3.8) is 0 Å². The molecular weight excluding hydrogens is 238 g/mol. The van der Waals surface area contributed by atoms with E-state index in [1.807, 2.05) is 32.0 Å². The van der Waals surface area contributed by atoms with Gasteiger partial charge in [0.15, 0.2) is 5.92 Å². The smallest absolute Gasteiger partial charge is 0.324 e. The summed E-state index contributed by atoms with van der Waals surface area (Å²) in [6, 6.07) is 9.20. The van der Waals surface area contributed by atoms with E-state index >= 15 is 0 Å². The summed E-state index contributed by atoms with van der Waals surface area (Å²) in [5.41, 5.74) is 0.238. The van der Waals surface area contributed by atoms with Gasteiger partial charge >= 0.3 is 5.97 Å². The first-order chi connectivity index (χ1) is 7.95. The van der Waals surface area contributed by atoms with Crippen LogP contribution in [0.2, 0.25) is 5.02 Å². The number of carbonyl (C=O) groups is 1. The first-order valence-electron chi connectivity index (χ1n) is 5.33. The average molecular weight is 250 g/mol. The minimum Gasteiger partial charge on any atom is -0.458 e. The predicted octanol–water partition coefficient (Wildman–Crippen LogP) is 2.90. The topological polar surface area (TPSA) is 50.1 Å². The van der Waals surface area contributed by atoms with E-state index in [0.29, 0.717) is 5.02 Å². The van der Waals surface area contributed by atoms with Crippen molar-refractivity contribution in [1.29, 1.82) is 5.26 Å². The molecule has 0 aromatic heterocycles. The number of ether oxygens (including phenoxy) is 1. The number of hydrogen-bond acceptors (Lipinski definition) is 3. The summed E-state index contributed by atoms with van der Waals surface area (Å²) >= 11 is 5.83. The summed E-state index contributed by atoms with van der Waals surface area (Å²) in [4.78, 5) is 11.6. The average Bonchev–Trinajstić information content (AvgIpc) is 2.49. The van der Waals surface area contributed by atoms with Crippen LogP contribution in [0.25, 0.3) is 0 Å². The SMILES string of the molecule is CC1(C)OC(=O)[C@H](C#N)[C@H]1c1ccc(Cl)cc1. The molecule has 17 heavy (non-hydrogen) atoms. The fourth-order valence-electron chi connectivity index (χ4n) is 2.31. The van der Waals surface area contributed by atoms with Gasteiger partial charge in [0.05, 0.1) is 6.07 Å². The molecule has 4 heteroatoms. The molecule has 1 aliphatic heterocycles. The van der Waals surface area contributed by atoms with Crippen LogP contribution >= 0.6 is 11.6 Å². The van der Waals surface area contributed by atoms with Gasteiger partial charge in [-0.1, -0.05) is 23.7 Å². The van der Waals surface area contributed by atoms with Crippen molar-refractivity contribution in [1.82, 2.24) is 0 Å². The third kappa shape index (κ3) is 2.01. The molecule has 1 saturated heterocycles.